The molecule has 1 amide bonds. The lowest BCUT2D eigenvalue weighted by Gasteiger charge is -2.41. The van der Waals surface area contributed by atoms with Crippen LogP contribution < -0.4 is 5.32 Å². The van der Waals surface area contributed by atoms with Crippen LogP contribution in [0.25, 0.3) is 0 Å². The van der Waals surface area contributed by atoms with Crippen LogP contribution >= 0.6 is 0 Å². The maximum atomic E-state index is 13.0. The second-order valence-electron chi connectivity index (χ2n) is 16.0. The Bertz CT molecular complexity index is 1060. The van der Waals surface area contributed by atoms with E-state index < -0.39 is 59.9 Å². The van der Waals surface area contributed by atoms with Gasteiger partial charge in [0.2, 0.25) is 5.91 Å². The minimum absolute atomic E-state index is 0.239. The average Bonchev–Trinajstić information content (AvgIpc) is 3.16. The molecule has 0 aromatic heterocycles. The van der Waals surface area contributed by atoms with Crippen LogP contribution in [-0.4, -0.2) is 95.4 Å². The molecule has 1 heterocycles. The van der Waals surface area contributed by atoms with Crippen LogP contribution in [0.1, 0.15) is 200 Å². The lowest BCUT2D eigenvalue weighted by molar-refractivity contribution is -0.298. The molecule has 0 bridgehead atoms. The molecule has 1 aliphatic rings. The first-order valence-electron chi connectivity index (χ1n) is 22.6. The fourth-order valence-corrected chi connectivity index (χ4v) is 7.79. The molecular formula is C43H83NO11S. The van der Waals surface area contributed by atoms with Crippen LogP contribution in [0.3, 0.4) is 0 Å². The number of amides is 1. The molecule has 13 heteroatoms. The van der Waals surface area contributed by atoms with Gasteiger partial charge in [0.25, 0.3) is 0 Å². The highest BCUT2D eigenvalue weighted by Crippen LogP contribution is 2.26. The quantitative estimate of drug-likeness (QED) is 0.0199. The number of hydrogen-bond donors (Lipinski definition) is 6. The van der Waals surface area contributed by atoms with E-state index in [0.717, 1.165) is 64.2 Å². The number of aliphatic hydroxyl groups excluding tert-OH is 4. The Morgan fingerprint density at radius 3 is 1.61 bits per heavy atom. The van der Waals surface area contributed by atoms with Gasteiger partial charge in [-0.2, -0.15) is 8.42 Å². The minimum atomic E-state index is -5.07. The second-order valence-corrected chi connectivity index (χ2v) is 17.0. The fraction of sp³-hybridized carbons (Fsp3) is 0.930. The molecule has 6 N–H and O–H groups in total. The molecule has 7 atom stereocenters. The van der Waals surface area contributed by atoms with E-state index in [2.05, 4.69) is 35.5 Å². The maximum Gasteiger partial charge on any atom is 0.397 e. The van der Waals surface area contributed by atoms with Gasteiger partial charge in [0, 0.05) is 6.42 Å². The van der Waals surface area contributed by atoms with E-state index in [1.54, 1.807) is 0 Å². The van der Waals surface area contributed by atoms with Gasteiger partial charge < -0.3 is 35.2 Å². The van der Waals surface area contributed by atoms with E-state index in [-0.39, 0.29) is 18.9 Å². The predicted molar refractivity (Wildman–Crippen MR) is 222 cm³/mol. The van der Waals surface area contributed by atoms with E-state index in [4.69, 9.17) is 14.0 Å². The highest BCUT2D eigenvalue weighted by atomic mass is 32.3. The Labute approximate surface area is 340 Å². The lowest BCUT2D eigenvalue weighted by Crippen LogP contribution is -2.61. The van der Waals surface area contributed by atoms with Crippen molar-refractivity contribution in [1.82, 2.24) is 5.32 Å². The lowest BCUT2D eigenvalue weighted by atomic mass is 9.99. The van der Waals surface area contributed by atoms with Crippen LogP contribution in [0.2, 0.25) is 0 Å². The molecule has 0 aliphatic carbocycles. The molecule has 0 aromatic rings. The van der Waals surface area contributed by atoms with Crippen molar-refractivity contribution in [3.63, 3.8) is 0 Å². The smallest absolute Gasteiger partial charge is 0.394 e. The normalized spacial score (nSPS) is 21.4. The number of allylic oxidation sites excluding steroid dienone is 2. The predicted octanol–water partition coefficient (Wildman–Crippen LogP) is 8.38. The van der Waals surface area contributed by atoms with Crippen LogP contribution in [0.15, 0.2) is 12.2 Å². The Hall–Kier alpha value is -1.16. The fourth-order valence-electron chi connectivity index (χ4n) is 7.28. The SMILES string of the molecule is CCCCCCCCCCC/C=C\CCCCCCCC(=O)NC(COC1OC(CO)C(O)C(OS(=O)(=O)O)C1O)C(O)CCCCCCCCCCCCC. The number of ether oxygens (including phenoxy) is 2. The van der Waals surface area contributed by atoms with Gasteiger partial charge in [0.1, 0.15) is 24.4 Å². The summed E-state index contributed by atoms with van der Waals surface area (Å²) in [4.78, 5) is 13.0. The van der Waals surface area contributed by atoms with E-state index in [9.17, 15) is 33.6 Å². The number of rotatable bonds is 38. The third-order valence-corrected chi connectivity index (χ3v) is 11.3. The Morgan fingerprint density at radius 1 is 0.696 bits per heavy atom. The van der Waals surface area contributed by atoms with Crippen molar-refractivity contribution < 1.29 is 51.8 Å². The third-order valence-electron chi connectivity index (χ3n) is 10.8. The van der Waals surface area contributed by atoms with Crippen molar-refractivity contribution in [2.75, 3.05) is 13.2 Å². The number of carbonyl (C=O) groups is 1. The van der Waals surface area contributed by atoms with Gasteiger partial charge in [-0.05, 0) is 38.5 Å². The zero-order chi connectivity index (χ0) is 41.3. The first-order valence-corrected chi connectivity index (χ1v) is 23.9. The Balaban J connectivity index is 2.49. The molecule has 0 spiro atoms. The van der Waals surface area contributed by atoms with Crippen molar-refractivity contribution in [1.29, 1.82) is 0 Å². The van der Waals surface area contributed by atoms with E-state index >= 15 is 0 Å². The molecule has 7 unspecified atom stereocenters. The van der Waals surface area contributed by atoms with Crippen LogP contribution in [0, 0.1) is 0 Å². The van der Waals surface area contributed by atoms with Gasteiger partial charge in [-0.3, -0.25) is 9.35 Å². The molecule has 332 valence electrons. The zero-order valence-electron chi connectivity index (χ0n) is 35.2. The molecule has 0 saturated carbocycles. The van der Waals surface area contributed by atoms with Gasteiger partial charge in [-0.15, -0.1) is 0 Å². The molecule has 12 nitrogen and oxygen atoms in total. The summed E-state index contributed by atoms with van der Waals surface area (Å²) >= 11 is 0. The first-order chi connectivity index (χ1) is 27.0. The third kappa shape index (κ3) is 27.5. The summed E-state index contributed by atoms with van der Waals surface area (Å²) in [5, 5.41) is 44.7. The molecule has 1 aliphatic heterocycles. The highest BCUT2D eigenvalue weighted by Gasteiger charge is 2.48. The Morgan fingerprint density at radius 2 is 1.14 bits per heavy atom. The number of nitrogens with one attached hydrogen (secondary N) is 1. The van der Waals surface area contributed by atoms with Gasteiger partial charge in [-0.1, -0.05) is 167 Å². The van der Waals surface area contributed by atoms with Crippen molar-refractivity contribution in [2.24, 2.45) is 0 Å². The van der Waals surface area contributed by atoms with Crippen molar-refractivity contribution in [3.8, 4) is 0 Å². The van der Waals surface area contributed by atoms with E-state index in [1.807, 2.05) is 0 Å². The average molecular weight is 822 g/mol. The minimum Gasteiger partial charge on any atom is -0.394 e. The first kappa shape index (κ1) is 52.9. The Kier molecular flexibility index (Phi) is 32.7. The molecule has 0 radical (unpaired) electrons. The molecule has 0 aromatic carbocycles. The molecule has 56 heavy (non-hydrogen) atoms. The monoisotopic (exact) mass is 822 g/mol. The van der Waals surface area contributed by atoms with Crippen molar-refractivity contribution in [3.05, 3.63) is 12.2 Å². The summed E-state index contributed by atoms with van der Waals surface area (Å²) in [6.45, 7) is 3.42. The van der Waals surface area contributed by atoms with Crippen LogP contribution in [0.4, 0.5) is 0 Å². The number of aliphatic hydroxyl groups is 4. The summed E-state index contributed by atoms with van der Waals surface area (Å²) in [5.74, 6) is -0.239. The molecule has 1 saturated heterocycles. The van der Waals surface area contributed by atoms with Gasteiger partial charge >= 0.3 is 10.4 Å². The van der Waals surface area contributed by atoms with Gasteiger partial charge in [0.15, 0.2) is 6.29 Å². The van der Waals surface area contributed by atoms with Crippen LogP contribution in [0.5, 0.6) is 0 Å². The maximum absolute atomic E-state index is 13.0. The molecular weight excluding hydrogens is 739 g/mol. The summed E-state index contributed by atoms with van der Waals surface area (Å²) in [6, 6.07) is -0.857. The summed E-state index contributed by atoms with van der Waals surface area (Å²) in [5.41, 5.74) is 0. The van der Waals surface area contributed by atoms with Gasteiger partial charge in [-0.25, -0.2) is 4.18 Å². The molecule has 1 rings (SSSR count). The topological polar surface area (TPSA) is 192 Å². The standard InChI is InChI=1S/C43H83NO11S/c1-3-5-7-9-11-13-15-16-17-18-19-20-21-23-25-27-29-31-33-39(47)44-36(37(46)32-30-28-26-24-22-14-12-10-8-6-4-2)35-53-43-41(49)42(55-56(50,51)52)40(48)38(34-45)54-43/h19-20,36-38,40-43,45-46,48-49H,3-18,21-35H2,1-2H3,(H,44,47)(H,50,51,52)/b20-19-. The highest BCUT2D eigenvalue weighted by molar-refractivity contribution is 7.80. The molecule has 1 fully saturated rings. The largest absolute Gasteiger partial charge is 0.397 e. The van der Waals surface area contributed by atoms with Crippen molar-refractivity contribution in [2.45, 2.75) is 243 Å². The second kappa shape index (κ2) is 34.7. The van der Waals surface area contributed by atoms with E-state index in [1.165, 1.54) is 103 Å². The van der Waals surface area contributed by atoms with Crippen LogP contribution in [-0.2, 0) is 28.9 Å². The van der Waals surface area contributed by atoms with Crippen molar-refractivity contribution >= 4 is 16.3 Å². The number of carbonyl (C=O) groups excluding carboxylic acids is 1. The van der Waals surface area contributed by atoms with Gasteiger partial charge in [0.05, 0.1) is 25.4 Å². The summed E-state index contributed by atoms with van der Waals surface area (Å²) in [7, 11) is -5.07. The number of unbranched alkanes of at least 4 members (excludes halogenated alkanes) is 24. The summed E-state index contributed by atoms with van der Waals surface area (Å²) in [6.07, 6.45) is 27.9. The van der Waals surface area contributed by atoms with E-state index in [0.29, 0.717) is 12.8 Å². The summed E-state index contributed by atoms with van der Waals surface area (Å²) < 4.78 is 47.5. The zero-order valence-corrected chi connectivity index (χ0v) is 36.0. The number of hydrogen-bond acceptors (Lipinski definition) is 10.